The minimum Gasteiger partial charge on any atom is -0.504 e. The van der Waals surface area contributed by atoms with E-state index in [1.807, 2.05) is 24.3 Å². The zero-order chi connectivity index (χ0) is 13.1. The smallest absolute Gasteiger partial charge is 0.166 e. The van der Waals surface area contributed by atoms with Crippen LogP contribution in [-0.2, 0) is 6.61 Å². The molecule has 19 heavy (non-hydrogen) atoms. The van der Waals surface area contributed by atoms with Crippen molar-refractivity contribution in [2.24, 2.45) is 0 Å². The van der Waals surface area contributed by atoms with Crippen LogP contribution in [0.3, 0.4) is 0 Å². The van der Waals surface area contributed by atoms with Gasteiger partial charge in [0, 0.05) is 11.6 Å². The van der Waals surface area contributed by atoms with Crippen molar-refractivity contribution in [3.05, 3.63) is 60.6 Å². The summed E-state index contributed by atoms with van der Waals surface area (Å²) in [6.07, 6.45) is 1.77. The van der Waals surface area contributed by atoms with Crippen molar-refractivity contribution in [2.45, 2.75) is 6.61 Å². The topological polar surface area (TPSA) is 55.2 Å². The fourth-order valence-corrected chi connectivity index (χ4v) is 1.80. The maximum Gasteiger partial charge on any atom is 0.166 e. The number of aromatic hydroxyl groups is 1. The molecule has 0 saturated heterocycles. The van der Waals surface area contributed by atoms with E-state index in [0.717, 1.165) is 10.9 Å². The number of nitrogens with zero attached hydrogens (tertiary/aromatic N) is 2. The fourth-order valence-electron chi connectivity index (χ4n) is 1.80. The van der Waals surface area contributed by atoms with Gasteiger partial charge in [0.15, 0.2) is 17.3 Å². The monoisotopic (exact) mass is 252 g/mol. The Balaban J connectivity index is 1.80. The number of hydrogen-bond donors (Lipinski definition) is 1. The van der Waals surface area contributed by atoms with Gasteiger partial charge < -0.3 is 9.84 Å². The van der Waals surface area contributed by atoms with Crippen LogP contribution in [-0.4, -0.2) is 15.1 Å². The van der Waals surface area contributed by atoms with Gasteiger partial charge >= 0.3 is 0 Å². The van der Waals surface area contributed by atoms with Gasteiger partial charge in [0.05, 0.1) is 5.52 Å². The van der Waals surface area contributed by atoms with Crippen molar-refractivity contribution in [3.63, 3.8) is 0 Å². The van der Waals surface area contributed by atoms with Crippen LogP contribution in [0.2, 0.25) is 0 Å². The van der Waals surface area contributed by atoms with Gasteiger partial charge in [-0.25, -0.2) is 9.97 Å². The quantitative estimate of drug-likeness (QED) is 0.778. The highest BCUT2D eigenvalue weighted by Crippen LogP contribution is 2.25. The van der Waals surface area contributed by atoms with E-state index in [9.17, 15) is 5.11 Å². The molecular weight excluding hydrogens is 240 g/mol. The van der Waals surface area contributed by atoms with Crippen LogP contribution in [0.5, 0.6) is 11.5 Å². The molecule has 1 N–H and O–H groups in total. The second kappa shape index (κ2) is 4.94. The summed E-state index contributed by atoms with van der Waals surface area (Å²) in [6.45, 7) is 0.225. The molecule has 0 aliphatic rings. The molecule has 0 radical (unpaired) electrons. The summed E-state index contributed by atoms with van der Waals surface area (Å²) < 4.78 is 5.50. The highest BCUT2D eigenvalue weighted by molar-refractivity contribution is 5.77. The third-order valence-corrected chi connectivity index (χ3v) is 2.76. The molecule has 0 unspecified atom stereocenters. The van der Waals surface area contributed by atoms with Crippen molar-refractivity contribution >= 4 is 10.9 Å². The summed E-state index contributed by atoms with van der Waals surface area (Å²) >= 11 is 0. The first-order chi connectivity index (χ1) is 9.33. The highest BCUT2D eigenvalue weighted by Gasteiger charge is 2.03. The van der Waals surface area contributed by atoms with Gasteiger partial charge in [0.1, 0.15) is 6.61 Å². The molecule has 3 rings (SSSR count). The van der Waals surface area contributed by atoms with Crippen LogP contribution < -0.4 is 4.74 Å². The summed E-state index contributed by atoms with van der Waals surface area (Å²) in [7, 11) is 0. The predicted molar refractivity (Wildman–Crippen MR) is 72.0 cm³/mol. The first-order valence-corrected chi connectivity index (χ1v) is 5.94. The van der Waals surface area contributed by atoms with E-state index in [-0.39, 0.29) is 12.4 Å². The molecule has 0 fully saturated rings. The van der Waals surface area contributed by atoms with Crippen LogP contribution >= 0.6 is 0 Å². The third-order valence-electron chi connectivity index (χ3n) is 2.76. The minimum atomic E-state index is 0.114. The second-order valence-corrected chi connectivity index (χ2v) is 4.10. The fraction of sp³-hybridized carbons (Fsp3) is 0.0667. The normalized spacial score (nSPS) is 10.5. The van der Waals surface area contributed by atoms with E-state index >= 15 is 0 Å². The average molecular weight is 252 g/mol. The predicted octanol–water partition coefficient (Wildman–Crippen LogP) is 2.91. The maximum absolute atomic E-state index is 9.59. The molecule has 0 amide bonds. The standard InChI is InChI=1S/C15H12N2O2/c18-13-7-3-4-8-14(13)19-10-15-16-9-11-5-1-2-6-12(11)17-15/h1-9,18H,10H2. The number of aromatic nitrogens is 2. The number of phenols is 1. The Bertz CT molecular complexity index is 713. The molecule has 0 bridgehead atoms. The van der Waals surface area contributed by atoms with Crippen LogP contribution in [0.15, 0.2) is 54.7 Å². The Morgan fingerprint density at radius 2 is 1.79 bits per heavy atom. The molecule has 1 heterocycles. The maximum atomic E-state index is 9.59. The number of phenolic OH excluding ortho intramolecular Hbond substituents is 1. The molecule has 0 atom stereocenters. The first-order valence-electron chi connectivity index (χ1n) is 5.94. The van der Waals surface area contributed by atoms with Gasteiger partial charge in [-0.15, -0.1) is 0 Å². The van der Waals surface area contributed by atoms with Crippen molar-refractivity contribution in [1.82, 2.24) is 9.97 Å². The van der Waals surface area contributed by atoms with E-state index in [2.05, 4.69) is 9.97 Å². The number of benzene rings is 2. The van der Waals surface area contributed by atoms with Crippen molar-refractivity contribution in [1.29, 1.82) is 0 Å². The summed E-state index contributed by atoms with van der Waals surface area (Å²) in [4.78, 5) is 8.64. The lowest BCUT2D eigenvalue weighted by molar-refractivity contribution is 0.280. The number of ether oxygens (including phenoxy) is 1. The van der Waals surface area contributed by atoms with E-state index in [0.29, 0.717) is 11.6 Å². The Hall–Kier alpha value is -2.62. The average Bonchev–Trinajstić information content (AvgIpc) is 2.46. The van der Waals surface area contributed by atoms with Crippen molar-refractivity contribution in [2.75, 3.05) is 0 Å². The summed E-state index contributed by atoms with van der Waals surface area (Å²) in [5.41, 5.74) is 0.883. The summed E-state index contributed by atoms with van der Waals surface area (Å²) in [6, 6.07) is 14.6. The molecule has 0 saturated carbocycles. The van der Waals surface area contributed by atoms with E-state index in [1.165, 1.54) is 0 Å². The molecule has 4 nitrogen and oxygen atoms in total. The second-order valence-electron chi connectivity index (χ2n) is 4.10. The molecule has 0 aliphatic carbocycles. The summed E-state index contributed by atoms with van der Waals surface area (Å²) in [5, 5.41) is 10.6. The summed E-state index contributed by atoms with van der Waals surface area (Å²) in [5.74, 6) is 1.13. The molecule has 4 heteroatoms. The SMILES string of the molecule is Oc1ccccc1OCc1ncc2ccccc2n1. The largest absolute Gasteiger partial charge is 0.504 e. The van der Waals surface area contributed by atoms with Gasteiger partial charge in [-0.05, 0) is 18.2 Å². The van der Waals surface area contributed by atoms with Crippen LogP contribution in [0.1, 0.15) is 5.82 Å². The first kappa shape index (κ1) is 11.5. The van der Waals surface area contributed by atoms with Gasteiger partial charge in [0.25, 0.3) is 0 Å². The van der Waals surface area contributed by atoms with Gasteiger partial charge in [-0.3, -0.25) is 0 Å². The van der Waals surface area contributed by atoms with Gasteiger partial charge in [-0.1, -0.05) is 30.3 Å². The van der Waals surface area contributed by atoms with Crippen LogP contribution in [0.25, 0.3) is 10.9 Å². The molecule has 1 aromatic heterocycles. The molecule has 94 valence electrons. The molecule has 0 spiro atoms. The Morgan fingerprint density at radius 3 is 2.68 bits per heavy atom. The lowest BCUT2D eigenvalue weighted by atomic mass is 10.2. The lowest BCUT2D eigenvalue weighted by Gasteiger charge is -2.07. The van der Waals surface area contributed by atoms with E-state index in [1.54, 1.807) is 30.5 Å². The zero-order valence-corrected chi connectivity index (χ0v) is 10.2. The Labute approximate surface area is 110 Å². The molecule has 0 aliphatic heterocycles. The Kier molecular flexibility index (Phi) is 2.98. The highest BCUT2D eigenvalue weighted by atomic mass is 16.5. The number of fused-ring (bicyclic) bond motifs is 1. The van der Waals surface area contributed by atoms with Crippen LogP contribution in [0.4, 0.5) is 0 Å². The lowest BCUT2D eigenvalue weighted by Crippen LogP contribution is -2.01. The van der Waals surface area contributed by atoms with Gasteiger partial charge in [-0.2, -0.15) is 0 Å². The number of hydrogen-bond acceptors (Lipinski definition) is 4. The van der Waals surface area contributed by atoms with E-state index < -0.39 is 0 Å². The molecule has 3 aromatic rings. The molecule has 2 aromatic carbocycles. The Morgan fingerprint density at radius 1 is 1.00 bits per heavy atom. The van der Waals surface area contributed by atoms with Crippen molar-refractivity contribution in [3.8, 4) is 11.5 Å². The third kappa shape index (κ3) is 2.47. The number of para-hydroxylation sites is 3. The van der Waals surface area contributed by atoms with Crippen molar-refractivity contribution < 1.29 is 9.84 Å². The number of rotatable bonds is 3. The van der Waals surface area contributed by atoms with Gasteiger partial charge in [0.2, 0.25) is 0 Å². The van der Waals surface area contributed by atoms with E-state index in [4.69, 9.17) is 4.74 Å². The zero-order valence-electron chi connectivity index (χ0n) is 10.2. The molecular formula is C15H12N2O2. The van der Waals surface area contributed by atoms with Crippen LogP contribution in [0, 0.1) is 0 Å². The minimum absolute atomic E-state index is 0.114.